The highest BCUT2D eigenvalue weighted by atomic mass is 15.3. The molecule has 6 heteroatoms. The molecule has 0 amide bonds. The molecule has 1 atom stereocenters. The minimum atomic E-state index is 0.0595. The van der Waals surface area contributed by atoms with Gasteiger partial charge in [-0.2, -0.15) is 5.26 Å². The Labute approximate surface area is 105 Å². The number of hydrogen-bond acceptors (Lipinski definition) is 5. The van der Waals surface area contributed by atoms with Crippen LogP contribution in [0.3, 0.4) is 0 Å². The highest BCUT2D eigenvalue weighted by Crippen LogP contribution is 2.10. The number of hydrogen-bond donors (Lipinski definition) is 1. The summed E-state index contributed by atoms with van der Waals surface area (Å²) in [5.74, 6) is 0.859. The number of nitriles is 1. The van der Waals surface area contributed by atoms with E-state index in [4.69, 9.17) is 5.26 Å². The third-order valence-corrected chi connectivity index (χ3v) is 2.73. The first-order valence-electron chi connectivity index (χ1n) is 5.63. The lowest BCUT2D eigenvalue weighted by atomic mass is 10.2. The Morgan fingerprint density at radius 1 is 1.56 bits per heavy atom. The van der Waals surface area contributed by atoms with E-state index >= 15 is 0 Å². The summed E-state index contributed by atoms with van der Waals surface area (Å²) >= 11 is 0. The maximum absolute atomic E-state index is 8.95. The Balaban J connectivity index is 2.04. The van der Waals surface area contributed by atoms with Gasteiger partial charge < -0.3 is 9.88 Å². The number of nitrogens with zero attached hydrogens (tertiary/aromatic N) is 5. The molecule has 2 aromatic heterocycles. The van der Waals surface area contributed by atoms with Crippen molar-refractivity contribution >= 4 is 0 Å². The summed E-state index contributed by atoms with van der Waals surface area (Å²) in [5.41, 5.74) is 1.34. The van der Waals surface area contributed by atoms with Crippen molar-refractivity contribution in [2.75, 3.05) is 0 Å². The van der Waals surface area contributed by atoms with Crippen molar-refractivity contribution in [2.24, 2.45) is 7.05 Å². The van der Waals surface area contributed by atoms with Gasteiger partial charge in [0.25, 0.3) is 0 Å². The van der Waals surface area contributed by atoms with E-state index in [0.717, 1.165) is 11.4 Å². The molecule has 0 aliphatic rings. The van der Waals surface area contributed by atoms with Gasteiger partial charge in [-0.3, -0.25) is 0 Å². The van der Waals surface area contributed by atoms with E-state index in [1.54, 1.807) is 12.5 Å². The molecule has 2 rings (SSSR count). The van der Waals surface area contributed by atoms with Crippen molar-refractivity contribution in [3.05, 3.63) is 41.7 Å². The molecule has 2 heterocycles. The zero-order chi connectivity index (χ0) is 13.0. The molecule has 1 N–H and O–H groups in total. The molecule has 0 fully saturated rings. The Morgan fingerprint density at radius 2 is 2.39 bits per heavy atom. The summed E-state index contributed by atoms with van der Waals surface area (Å²) in [6.07, 6.45) is 3.28. The van der Waals surface area contributed by atoms with E-state index in [1.807, 2.05) is 30.7 Å². The van der Waals surface area contributed by atoms with Gasteiger partial charge >= 0.3 is 0 Å². The van der Waals surface area contributed by atoms with Crippen LogP contribution in [0.4, 0.5) is 0 Å². The van der Waals surface area contributed by atoms with Crippen molar-refractivity contribution in [1.82, 2.24) is 25.1 Å². The summed E-state index contributed by atoms with van der Waals surface area (Å²) in [5, 5.41) is 20.1. The van der Waals surface area contributed by atoms with Gasteiger partial charge in [-0.05, 0) is 13.0 Å². The molecule has 18 heavy (non-hydrogen) atoms. The summed E-state index contributed by atoms with van der Waals surface area (Å²) in [4.78, 5) is 4.02. The number of aromatic nitrogens is 4. The Morgan fingerprint density at radius 3 is 3.06 bits per heavy atom. The summed E-state index contributed by atoms with van der Waals surface area (Å²) < 4.78 is 1.87. The maximum Gasteiger partial charge on any atom is 0.149 e. The lowest BCUT2D eigenvalue weighted by Crippen LogP contribution is -2.21. The third kappa shape index (κ3) is 2.52. The molecule has 92 valence electrons. The largest absolute Gasteiger partial charge is 0.319 e. The topological polar surface area (TPSA) is 79.4 Å². The van der Waals surface area contributed by atoms with Crippen LogP contribution in [-0.4, -0.2) is 19.7 Å². The van der Waals surface area contributed by atoms with Gasteiger partial charge in [0.05, 0.1) is 6.04 Å². The quantitative estimate of drug-likeness (QED) is 0.862. The van der Waals surface area contributed by atoms with Crippen LogP contribution in [-0.2, 0) is 13.6 Å². The van der Waals surface area contributed by atoms with Crippen LogP contribution in [0, 0.1) is 11.3 Å². The first-order chi connectivity index (χ1) is 8.72. The Hall–Kier alpha value is -2.26. The van der Waals surface area contributed by atoms with E-state index in [-0.39, 0.29) is 6.04 Å². The molecule has 0 saturated heterocycles. The van der Waals surface area contributed by atoms with Crippen molar-refractivity contribution in [3.8, 4) is 6.07 Å². The van der Waals surface area contributed by atoms with E-state index < -0.39 is 0 Å². The number of nitrogens with one attached hydrogen (secondary N) is 1. The Bertz CT molecular complexity index is 568. The smallest absolute Gasteiger partial charge is 0.149 e. The fourth-order valence-electron chi connectivity index (χ4n) is 1.72. The van der Waals surface area contributed by atoms with Crippen molar-refractivity contribution in [3.63, 3.8) is 0 Å². The van der Waals surface area contributed by atoms with E-state index in [9.17, 15) is 0 Å². The monoisotopic (exact) mass is 242 g/mol. The van der Waals surface area contributed by atoms with Crippen LogP contribution < -0.4 is 5.32 Å². The lowest BCUT2D eigenvalue weighted by molar-refractivity contribution is 0.527. The molecule has 0 spiro atoms. The van der Waals surface area contributed by atoms with Crippen LogP contribution >= 0.6 is 0 Å². The third-order valence-electron chi connectivity index (χ3n) is 2.73. The molecule has 0 aromatic carbocycles. The normalized spacial score (nSPS) is 12.1. The second-order valence-corrected chi connectivity index (χ2v) is 4.03. The molecule has 0 aliphatic carbocycles. The number of pyridine rings is 1. The van der Waals surface area contributed by atoms with Gasteiger partial charge in [-0.1, -0.05) is 6.07 Å². The minimum absolute atomic E-state index is 0.0595. The highest BCUT2D eigenvalue weighted by Gasteiger charge is 2.11. The van der Waals surface area contributed by atoms with Crippen LogP contribution in [0.15, 0.2) is 24.7 Å². The first kappa shape index (κ1) is 12.2. The van der Waals surface area contributed by atoms with Gasteiger partial charge in [0, 0.05) is 25.4 Å². The van der Waals surface area contributed by atoms with Gasteiger partial charge in [0.15, 0.2) is 0 Å². The molecule has 0 saturated carbocycles. The van der Waals surface area contributed by atoms with Crippen LogP contribution in [0.1, 0.15) is 30.0 Å². The van der Waals surface area contributed by atoms with E-state index in [1.165, 1.54) is 0 Å². The van der Waals surface area contributed by atoms with Gasteiger partial charge in [-0.25, -0.2) is 4.98 Å². The van der Waals surface area contributed by atoms with Gasteiger partial charge in [0.1, 0.15) is 23.9 Å². The fraction of sp³-hybridized carbons (Fsp3) is 0.333. The van der Waals surface area contributed by atoms with E-state index in [2.05, 4.69) is 26.6 Å². The van der Waals surface area contributed by atoms with E-state index in [0.29, 0.717) is 12.2 Å². The fourth-order valence-corrected chi connectivity index (χ4v) is 1.72. The molecular formula is C12H14N6. The Kier molecular flexibility index (Phi) is 3.65. The number of aryl methyl sites for hydroxylation is 1. The van der Waals surface area contributed by atoms with Crippen LogP contribution in [0.5, 0.6) is 0 Å². The predicted octanol–water partition coefficient (Wildman–Crippen LogP) is 0.933. The number of rotatable bonds is 4. The lowest BCUT2D eigenvalue weighted by Gasteiger charge is -2.13. The SMILES string of the molecule is CC(NCc1cccnc1C#N)c1nncn1C. The maximum atomic E-state index is 8.95. The molecule has 6 nitrogen and oxygen atoms in total. The van der Waals surface area contributed by atoms with Crippen molar-refractivity contribution in [1.29, 1.82) is 5.26 Å². The molecule has 1 unspecified atom stereocenters. The average molecular weight is 242 g/mol. The standard InChI is InChI=1S/C12H14N6/c1-9(12-17-16-8-18(12)2)15-7-10-4-3-5-14-11(10)6-13/h3-5,8-9,15H,7H2,1-2H3. The van der Waals surface area contributed by atoms with Crippen LogP contribution in [0.25, 0.3) is 0 Å². The minimum Gasteiger partial charge on any atom is -0.319 e. The predicted molar refractivity (Wildman–Crippen MR) is 65.2 cm³/mol. The highest BCUT2D eigenvalue weighted by molar-refractivity contribution is 5.30. The first-order valence-corrected chi connectivity index (χ1v) is 5.63. The molecule has 0 radical (unpaired) electrons. The van der Waals surface area contributed by atoms with Crippen molar-refractivity contribution < 1.29 is 0 Å². The van der Waals surface area contributed by atoms with Gasteiger partial charge in [0.2, 0.25) is 0 Å². The summed E-state index contributed by atoms with van der Waals surface area (Å²) in [6.45, 7) is 2.58. The molecule has 2 aromatic rings. The average Bonchev–Trinajstić information content (AvgIpc) is 2.82. The van der Waals surface area contributed by atoms with Crippen molar-refractivity contribution in [2.45, 2.75) is 19.5 Å². The molecule has 0 bridgehead atoms. The molecule has 0 aliphatic heterocycles. The second kappa shape index (κ2) is 5.38. The van der Waals surface area contributed by atoms with Crippen LogP contribution in [0.2, 0.25) is 0 Å². The zero-order valence-electron chi connectivity index (χ0n) is 10.3. The summed E-state index contributed by atoms with van der Waals surface area (Å²) in [7, 11) is 1.90. The second-order valence-electron chi connectivity index (χ2n) is 4.03. The molecular weight excluding hydrogens is 228 g/mol. The summed E-state index contributed by atoms with van der Waals surface area (Å²) in [6, 6.07) is 5.86. The van der Waals surface area contributed by atoms with Gasteiger partial charge in [-0.15, -0.1) is 10.2 Å². The zero-order valence-corrected chi connectivity index (χ0v) is 10.3.